The topological polar surface area (TPSA) is 48.1 Å². The molecule has 0 unspecified atom stereocenters. The van der Waals surface area contributed by atoms with Crippen LogP contribution in [0.1, 0.15) is 38.2 Å². The van der Waals surface area contributed by atoms with Crippen molar-refractivity contribution in [2.24, 2.45) is 0 Å². The van der Waals surface area contributed by atoms with E-state index in [0.717, 1.165) is 38.9 Å². The third-order valence-electron chi connectivity index (χ3n) is 6.12. The zero-order valence-electron chi connectivity index (χ0n) is 15.4. The summed E-state index contributed by atoms with van der Waals surface area (Å²) in [5, 5.41) is 1.95. The Morgan fingerprint density at radius 2 is 1.96 bits per heavy atom. The molecule has 0 saturated carbocycles. The van der Waals surface area contributed by atoms with E-state index >= 15 is 0 Å². The Hall–Kier alpha value is -1.79. The number of hydrogen-bond acceptors (Lipinski definition) is 5. The maximum Gasteiger partial charge on any atom is 0.427 e. The number of anilines is 1. The van der Waals surface area contributed by atoms with E-state index in [0.29, 0.717) is 11.9 Å². The summed E-state index contributed by atoms with van der Waals surface area (Å²) >= 11 is 0. The van der Waals surface area contributed by atoms with Gasteiger partial charge in [-0.05, 0) is 50.1 Å². The molecule has 3 aliphatic rings. The number of ether oxygens (including phenoxy) is 1. The number of nitrogens with zero attached hydrogens (tertiary/aromatic N) is 3. The summed E-state index contributed by atoms with van der Waals surface area (Å²) in [5.74, 6) is 0.623. The number of piperidine rings is 1. The first-order valence-electron chi connectivity index (χ1n) is 9.30. The second-order valence-electron chi connectivity index (χ2n) is 7.86. The molecule has 3 heterocycles. The zero-order chi connectivity index (χ0) is 17.6. The summed E-state index contributed by atoms with van der Waals surface area (Å²) in [4.78, 5) is 17.0. The van der Waals surface area contributed by atoms with Crippen LogP contribution in [0.15, 0.2) is 18.2 Å². The molecule has 6 heteroatoms. The van der Waals surface area contributed by atoms with Crippen LogP contribution in [0.5, 0.6) is 5.75 Å². The van der Waals surface area contributed by atoms with Crippen LogP contribution in [0.2, 0.25) is 0 Å². The molecule has 6 nitrogen and oxygen atoms in total. The van der Waals surface area contributed by atoms with E-state index in [1.807, 2.05) is 11.1 Å². The molecule has 2 atom stereocenters. The summed E-state index contributed by atoms with van der Waals surface area (Å²) in [6.45, 7) is 5.21. The molecule has 0 aromatic heterocycles. The van der Waals surface area contributed by atoms with Gasteiger partial charge in [-0.1, -0.05) is 13.3 Å². The number of rotatable bonds is 2. The number of hydrazine groups is 1. The normalized spacial score (nSPS) is 29.4. The molecule has 1 N–H and O–H groups in total. The van der Waals surface area contributed by atoms with Crippen molar-refractivity contribution in [2.75, 3.05) is 38.6 Å². The number of amides is 1. The average molecular weight is 344 g/mol. The number of benzene rings is 1. The SMILES string of the molecule is CN1CC[C@@]2(C)c3cc(OC(=O)NN4CCCCC4)ccc3N(C)[C@@H]12. The lowest BCUT2D eigenvalue weighted by molar-refractivity contribution is 0.129. The van der Waals surface area contributed by atoms with Gasteiger partial charge in [0.1, 0.15) is 5.75 Å². The maximum absolute atomic E-state index is 12.2. The molecule has 0 spiro atoms. The summed E-state index contributed by atoms with van der Waals surface area (Å²) in [7, 11) is 4.34. The Morgan fingerprint density at radius 3 is 2.72 bits per heavy atom. The zero-order valence-corrected chi connectivity index (χ0v) is 15.4. The predicted molar refractivity (Wildman–Crippen MR) is 97.8 cm³/mol. The number of hydrogen-bond donors (Lipinski definition) is 1. The van der Waals surface area contributed by atoms with Crippen molar-refractivity contribution in [2.45, 2.75) is 44.2 Å². The fraction of sp³-hybridized carbons (Fsp3) is 0.632. The second kappa shape index (κ2) is 6.18. The summed E-state index contributed by atoms with van der Waals surface area (Å²) in [5.41, 5.74) is 5.47. The maximum atomic E-state index is 12.2. The molecule has 25 heavy (non-hydrogen) atoms. The van der Waals surface area contributed by atoms with E-state index < -0.39 is 6.09 Å². The van der Waals surface area contributed by atoms with E-state index in [1.54, 1.807) is 0 Å². The van der Waals surface area contributed by atoms with Gasteiger partial charge in [0.25, 0.3) is 0 Å². The minimum Gasteiger partial charge on any atom is -0.409 e. The highest BCUT2D eigenvalue weighted by Gasteiger charge is 2.52. The fourth-order valence-electron chi connectivity index (χ4n) is 4.88. The standard InChI is InChI=1S/C19H28N4O2/c1-19-9-12-21(2)17(19)22(3)16-8-7-14(13-15(16)19)25-18(24)20-23-10-5-4-6-11-23/h7-8,13,17H,4-6,9-12H2,1-3H3,(H,20,24)/t17-,19+/m1/s1. The van der Waals surface area contributed by atoms with E-state index in [4.69, 9.17) is 4.74 Å². The monoisotopic (exact) mass is 344 g/mol. The number of carbonyl (C=O) groups excluding carboxylic acids is 1. The molecular weight excluding hydrogens is 316 g/mol. The lowest BCUT2D eigenvalue weighted by Crippen LogP contribution is -2.46. The van der Waals surface area contributed by atoms with E-state index in [9.17, 15) is 4.79 Å². The molecule has 136 valence electrons. The van der Waals surface area contributed by atoms with Crippen LogP contribution in [-0.2, 0) is 5.41 Å². The van der Waals surface area contributed by atoms with Crippen molar-refractivity contribution in [3.63, 3.8) is 0 Å². The minimum absolute atomic E-state index is 0.0849. The highest BCUT2D eigenvalue weighted by molar-refractivity contribution is 5.72. The summed E-state index contributed by atoms with van der Waals surface area (Å²) in [6.07, 6.45) is 4.59. The van der Waals surface area contributed by atoms with E-state index in [-0.39, 0.29) is 5.41 Å². The number of likely N-dealkylation sites (N-methyl/N-ethyl adjacent to an activating group) is 2. The fourth-order valence-corrected chi connectivity index (χ4v) is 4.88. The van der Waals surface area contributed by atoms with Crippen LogP contribution in [0.25, 0.3) is 0 Å². The molecule has 0 radical (unpaired) electrons. The number of fused-ring (bicyclic) bond motifs is 3. The third kappa shape index (κ3) is 2.77. The van der Waals surface area contributed by atoms with Crippen LogP contribution in [0.3, 0.4) is 0 Å². The van der Waals surface area contributed by atoms with Gasteiger partial charge in [-0.15, -0.1) is 0 Å². The van der Waals surface area contributed by atoms with Gasteiger partial charge in [-0.25, -0.2) is 9.80 Å². The molecule has 4 rings (SSSR count). The summed E-state index contributed by atoms with van der Waals surface area (Å²) in [6, 6.07) is 6.03. The molecule has 1 aromatic rings. The van der Waals surface area contributed by atoms with Gasteiger partial charge in [-0.2, -0.15) is 0 Å². The quantitative estimate of drug-likeness (QED) is 0.893. The third-order valence-corrected chi connectivity index (χ3v) is 6.12. The molecule has 2 fully saturated rings. The Morgan fingerprint density at radius 1 is 1.20 bits per heavy atom. The smallest absolute Gasteiger partial charge is 0.409 e. The van der Waals surface area contributed by atoms with Crippen molar-refractivity contribution >= 4 is 11.8 Å². The highest BCUT2D eigenvalue weighted by atomic mass is 16.6. The molecule has 1 amide bonds. The number of carbonyl (C=O) groups is 1. The van der Waals surface area contributed by atoms with Gasteiger partial charge in [0.05, 0.1) is 6.17 Å². The highest BCUT2D eigenvalue weighted by Crippen LogP contribution is 2.51. The van der Waals surface area contributed by atoms with Crippen LogP contribution in [0.4, 0.5) is 10.5 Å². The average Bonchev–Trinajstić information content (AvgIpc) is 3.01. The Kier molecular flexibility index (Phi) is 4.12. The predicted octanol–water partition coefficient (Wildman–Crippen LogP) is 2.55. The lowest BCUT2D eigenvalue weighted by atomic mass is 9.81. The first-order chi connectivity index (χ1) is 12.0. The van der Waals surface area contributed by atoms with E-state index in [2.05, 4.69) is 48.4 Å². The lowest BCUT2D eigenvalue weighted by Gasteiger charge is -2.32. The molecular formula is C19H28N4O2. The molecule has 3 aliphatic heterocycles. The Balaban J connectivity index is 1.50. The number of likely N-dealkylation sites (tertiary alicyclic amines) is 1. The van der Waals surface area contributed by atoms with Crippen molar-refractivity contribution in [3.05, 3.63) is 23.8 Å². The van der Waals surface area contributed by atoms with Crippen molar-refractivity contribution in [1.82, 2.24) is 15.3 Å². The largest absolute Gasteiger partial charge is 0.427 e. The van der Waals surface area contributed by atoms with Gasteiger partial charge >= 0.3 is 6.09 Å². The first kappa shape index (κ1) is 16.7. The van der Waals surface area contributed by atoms with Crippen LogP contribution >= 0.6 is 0 Å². The Bertz CT molecular complexity index is 673. The van der Waals surface area contributed by atoms with Crippen molar-refractivity contribution in [1.29, 1.82) is 0 Å². The van der Waals surface area contributed by atoms with E-state index in [1.165, 1.54) is 17.7 Å². The van der Waals surface area contributed by atoms with Gasteiger partial charge < -0.3 is 9.64 Å². The van der Waals surface area contributed by atoms with Crippen molar-refractivity contribution < 1.29 is 9.53 Å². The van der Waals surface area contributed by atoms with Crippen LogP contribution in [0, 0.1) is 0 Å². The number of nitrogens with one attached hydrogen (secondary N) is 1. The second-order valence-corrected chi connectivity index (χ2v) is 7.86. The van der Waals surface area contributed by atoms with Crippen LogP contribution < -0.4 is 15.1 Å². The molecule has 2 saturated heterocycles. The van der Waals surface area contributed by atoms with Gasteiger partial charge in [0.2, 0.25) is 0 Å². The summed E-state index contributed by atoms with van der Waals surface area (Å²) < 4.78 is 5.57. The molecule has 1 aromatic carbocycles. The van der Waals surface area contributed by atoms with Gasteiger partial charge in [-0.3, -0.25) is 10.3 Å². The minimum atomic E-state index is -0.390. The van der Waals surface area contributed by atoms with Crippen molar-refractivity contribution in [3.8, 4) is 5.75 Å². The molecule has 0 aliphatic carbocycles. The molecule has 0 bridgehead atoms. The van der Waals surface area contributed by atoms with Gasteiger partial charge in [0.15, 0.2) is 0 Å². The first-order valence-corrected chi connectivity index (χ1v) is 9.30. The Labute approximate surface area is 149 Å². The van der Waals surface area contributed by atoms with Crippen LogP contribution in [-0.4, -0.2) is 55.9 Å². The van der Waals surface area contributed by atoms with Gasteiger partial charge in [0, 0.05) is 37.8 Å².